The lowest BCUT2D eigenvalue weighted by atomic mass is 9.98. The minimum absolute atomic E-state index is 0. The Morgan fingerprint density at radius 3 is 2.62 bits per heavy atom. The molecule has 0 saturated carbocycles. The van der Waals surface area contributed by atoms with E-state index in [1.165, 1.54) is 0 Å². The van der Waals surface area contributed by atoms with Gasteiger partial charge < -0.3 is 15.5 Å². The summed E-state index contributed by atoms with van der Waals surface area (Å²) >= 11 is 0. The van der Waals surface area contributed by atoms with Crippen molar-refractivity contribution >= 4 is 41.5 Å². The van der Waals surface area contributed by atoms with Gasteiger partial charge >= 0.3 is 0 Å². The van der Waals surface area contributed by atoms with Crippen molar-refractivity contribution < 1.29 is 4.79 Å². The van der Waals surface area contributed by atoms with Crippen molar-refractivity contribution in [3.05, 3.63) is 30.2 Å². The molecule has 0 unspecified atom stereocenters. The van der Waals surface area contributed by atoms with E-state index in [0.717, 1.165) is 82.1 Å². The lowest BCUT2D eigenvalue weighted by Crippen LogP contribution is -2.50. The first-order valence-electron chi connectivity index (χ1n) is 11.8. The van der Waals surface area contributed by atoms with Crippen molar-refractivity contribution in [3.63, 3.8) is 0 Å². The van der Waals surface area contributed by atoms with Crippen LogP contribution in [0.5, 0.6) is 0 Å². The molecule has 1 amide bonds. The van der Waals surface area contributed by atoms with Gasteiger partial charge in [0, 0.05) is 50.8 Å². The van der Waals surface area contributed by atoms with Gasteiger partial charge in [0.2, 0.25) is 5.91 Å². The van der Waals surface area contributed by atoms with E-state index < -0.39 is 0 Å². The van der Waals surface area contributed by atoms with Crippen LogP contribution in [0.2, 0.25) is 0 Å². The van der Waals surface area contributed by atoms with Crippen LogP contribution in [0.1, 0.15) is 58.7 Å². The van der Waals surface area contributed by atoms with Gasteiger partial charge in [-0.1, -0.05) is 19.9 Å². The summed E-state index contributed by atoms with van der Waals surface area (Å²) in [4.78, 5) is 19.4. The lowest BCUT2D eigenvalue weighted by Gasteiger charge is -2.34. The largest absolute Gasteiger partial charge is 0.357 e. The fourth-order valence-corrected chi connectivity index (χ4v) is 4.14. The molecule has 2 aromatic rings. The minimum Gasteiger partial charge on any atom is -0.357 e. The first kappa shape index (κ1) is 26.3. The molecule has 2 aromatic heterocycles. The Kier molecular flexibility index (Phi) is 11.2. The van der Waals surface area contributed by atoms with Crippen LogP contribution in [0.3, 0.4) is 0 Å². The number of guanidine groups is 1. The summed E-state index contributed by atoms with van der Waals surface area (Å²) < 4.78 is 2.03. The number of carbonyl (C=O) groups is 1. The molecular weight excluding hydrogens is 517 g/mol. The zero-order valence-electron chi connectivity index (χ0n) is 19.6. The van der Waals surface area contributed by atoms with Gasteiger partial charge in [0.1, 0.15) is 5.82 Å². The van der Waals surface area contributed by atoms with Crippen molar-refractivity contribution in [1.29, 1.82) is 0 Å². The highest BCUT2D eigenvalue weighted by molar-refractivity contribution is 14.0. The van der Waals surface area contributed by atoms with Gasteiger partial charge in [0.05, 0.1) is 0 Å². The number of aromatic nitrogens is 3. The third-order valence-corrected chi connectivity index (χ3v) is 6.04. The summed E-state index contributed by atoms with van der Waals surface area (Å²) in [5.41, 5.74) is 0.880. The molecule has 2 N–H and O–H groups in total. The van der Waals surface area contributed by atoms with Crippen LogP contribution in [0.25, 0.3) is 5.65 Å². The van der Waals surface area contributed by atoms with Crippen molar-refractivity contribution in [2.45, 2.75) is 65.3 Å². The predicted octanol–water partition coefficient (Wildman–Crippen LogP) is 3.26. The quantitative estimate of drug-likeness (QED) is 0.215. The number of aryl methyl sites for hydroxylation is 1. The monoisotopic (exact) mass is 555 g/mol. The molecule has 1 fully saturated rings. The number of rotatable bonds is 9. The number of amides is 1. The van der Waals surface area contributed by atoms with E-state index in [2.05, 4.69) is 41.6 Å². The smallest absolute Gasteiger partial charge is 0.225 e. The Hall–Kier alpha value is -1.91. The SMILES string of the molecule is CCNC(=NCCCc1nnc2ccccn12)NC1CCN(C(=O)C(CC)CC)CC1.I. The summed E-state index contributed by atoms with van der Waals surface area (Å²) in [5.74, 6) is 2.33. The summed E-state index contributed by atoms with van der Waals surface area (Å²) in [6.07, 6.45) is 7.52. The number of hydrogen-bond acceptors (Lipinski definition) is 4. The number of hydrogen-bond donors (Lipinski definition) is 2. The Bertz CT molecular complexity index is 857. The maximum atomic E-state index is 12.6. The zero-order chi connectivity index (χ0) is 22.1. The van der Waals surface area contributed by atoms with Gasteiger partial charge in [-0.15, -0.1) is 34.2 Å². The van der Waals surface area contributed by atoms with Gasteiger partial charge in [-0.3, -0.25) is 14.2 Å². The summed E-state index contributed by atoms with van der Waals surface area (Å²) in [7, 11) is 0. The van der Waals surface area contributed by atoms with E-state index in [9.17, 15) is 4.79 Å². The van der Waals surface area contributed by atoms with Crippen molar-refractivity contribution in [2.75, 3.05) is 26.2 Å². The second-order valence-corrected chi connectivity index (χ2v) is 8.17. The molecule has 0 aromatic carbocycles. The van der Waals surface area contributed by atoms with E-state index >= 15 is 0 Å². The normalized spacial score (nSPS) is 15.1. The Labute approximate surface area is 208 Å². The first-order valence-corrected chi connectivity index (χ1v) is 11.8. The topological polar surface area (TPSA) is 86.9 Å². The van der Waals surface area contributed by atoms with E-state index in [1.54, 1.807) is 0 Å². The standard InChI is InChI=1S/C23H37N7O.HI/c1-4-18(5-2)22(31)29-16-12-19(13-17-29)26-23(24-6-3)25-14-9-11-21-28-27-20-10-7-8-15-30(20)21;/h7-8,10,15,18-19H,4-6,9,11-14,16-17H2,1-3H3,(H2,24,25,26);1H. The lowest BCUT2D eigenvalue weighted by molar-refractivity contribution is -0.136. The molecule has 1 saturated heterocycles. The van der Waals surface area contributed by atoms with E-state index in [4.69, 9.17) is 4.99 Å². The van der Waals surface area contributed by atoms with Crippen LogP contribution in [-0.4, -0.2) is 63.6 Å². The third kappa shape index (κ3) is 7.05. The molecule has 178 valence electrons. The number of pyridine rings is 1. The number of carbonyl (C=O) groups excluding carboxylic acids is 1. The molecule has 0 radical (unpaired) electrons. The third-order valence-electron chi connectivity index (χ3n) is 6.04. The minimum atomic E-state index is 0. The maximum absolute atomic E-state index is 12.6. The van der Waals surface area contributed by atoms with Gasteiger partial charge in [0.15, 0.2) is 11.6 Å². The number of nitrogens with one attached hydrogen (secondary N) is 2. The van der Waals surface area contributed by atoms with Crippen molar-refractivity contribution in [1.82, 2.24) is 30.1 Å². The van der Waals surface area contributed by atoms with Crippen LogP contribution >= 0.6 is 24.0 Å². The highest BCUT2D eigenvalue weighted by Gasteiger charge is 2.26. The second kappa shape index (κ2) is 13.6. The number of likely N-dealkylation sites (tertiary alicyclic amines) is 1. The number of piperidine rings is 1. The Morgan fingerprint density at radius 1 is 1.19 bits per heavy atom. The molecule has 8 nitrogen and oxygen atoms in total. The van der Waals surface area contributed by atoms with Crippen molar-refractivity contribution in [2.24, 2.45) is 10.9 Å². The highest BCUT2D eigenvalue weighted by atomic mass is 127. The average molecular weight is 556 g/mol. The first-order chi connectivity index (χ1) is 15.2. The van der Waals surface area contributed by atoms with Gasteiger partial charge in [-0.2, -0.15) is 0 Å². The number of aliphatic imine (C=N–C) groups is 1. The summed E-state index contributed by atoms with van der Waals surface area (Å²) in [6, 6.07) is 6.28. The highest BCUT2D eigenvalue weighted by Crippen LogP contribution is 2.17. The molecule has 9 heteroatoms. The molecular formula is C23H38IN7O. The van der Waals surface area contributed by atoms with Crippen LogP contribution < -0.4 is 10.6 Å². The summed E-state index contributed by atoms with van der Waals surface area (Å²) in [5, 5.41) is 15.4. The van der Waals surface area contributed by atoms with Crippen LogP contribution in [0.4, 0.5) is 0 Å². The fraction of sp³-hybridized carbons (Fsp3) is 0.652. The Morgan fingerprint density at radius 2 is 1.94 bits per heavy atom. The van der Waals surface area contributed by atoms with Gasteiger partial charge in [-0.05, 0) is 51.2 Å². The predicted molar refractivity (Wildman–Crippen MR) is 140 cm³/mol. The average Bonchev–Trinajstić information content (AvgIpc) is 3.21. The van der Waals surface area contributed by atoms with Crippen molar-refractivity contribution in [3.8, 4) is 0 Å². The van der Waals surface area contributed by atoms with Crippen LogP contribution in [-0.2, 0) is 11.2 Å². The molecule has 32 heavy (non-hydrogen) atoms. The number of nitrogens with zero attached hydrogens (tertiary/aromatic N) is 5. The van der Waals surface area contributed by atoms with Crippen LogP contribution in [0.15, 0.2) is 29.4 Å². The molecule has 0 atom stereocenters. The number of fused-ring (bicyclic) bond motifs is 1. The maximum Gasteiger partial charge on any atom is 0.225 e. The summed E-state index contributed by atoms with van der Waals surface area (Å²) in [6.45, 7) is 9.49. The van der Waals surface area contributed by atoms with Gasteiger partial charge in [-0.25, -0.2) is 0 Å². The molecule has 1 aliphatic rings. The molecule has 0 bridgehead atoms. The van der Waals surface area contributed by atoms with Crippen LogP contribution in [0, 0.1) is 5.92 Å². The molecule has 3 heterocycles. The molecule has 1 aliphatic heterocycles. The van der Waals surface area contributed by atoms with E-state index in [-0.39, 0.29) is 29.9 Å². The Balaban J connectivity index is 0.00000363. The molecule has 0 spiro atoms. The molecule has 0 aliphatic carbocycles. The molecule has 3 rings (SSSR count). The van der Waals surface area contributed by atoms with E-state index in [0.29, 0.717) is 11.9 Å². The van der Waals surface area contributed by atoms with Gasteiger partial charge in [0.25, 0.3) is 0 Å². The zero-order valence-corrected chi connectivity index (χ0v) is 21.9. The second-order valence-electron chi connectivity index (χ2n) is 8.17. The fourth-order valence-electron chi connectivity index (χ4n) is 4.14. The van der Waals surface area contributed by atoms with E-state index in [1.807, 2.05) is 33.7 Å². The number of halogens is 1.